The molecule has 0 bridgehead atoms. The Morgan fingerprint density at radius 3 is 2.52 bits per heavy atom. The lowest BCUT2D eigenvalue weighted by Gasteiger charge is -2.11. The van der Waals surface area contributed by atoms with Gasteiger partial charge in [0, 0.05) is 0 Å². The zero-order valence-corrected chi connectivity index (χ0v) is 18.5. The summed E-state index contributed by atoms with van der Waals surface area (Å²) in [6.45, 7) is -0.372. The molecule has 1 aliphatic heterocycles. The summed E-state index contributed by atoms with van der Waals surface area (Å²) in [5.41, 5.74) is 1.14. The van der Waals surface area contributed by atoms with Gasteiger partial charge in [-0.05, 0) is 59.8 Å². The maximum absolute atomic E-state index is 13.6. The van der Waals surface area contributed by atoms with Crippen molar-refractivity contribution < 1.29 is 23.5 Å². The van der Waals surface area contributed by atoms with Gasteiger partial charge in [-0.15, -0.1) is 0 Å². The van der Waals surface area contributed by atoms with Crippen LogP contribution in [0.5, 0.6) is 5.75 Å². The topological polar surface area (TPSA) is 75.7 Å². The molecular formula is C24H16ClFN2O4S. The van der Waals surface area contributed by atoms with Crippen molar-refractivity contribution in [2.24, 2.45) is 0 Å². The number of carbonyl (C=O) groups excluding carboxylic acids is 3. The number of nitrogens with one attached hydrogen (secondary N) is 1. The van der Waals surface area contributed by atoms with Crippen molar-refractivity contribution in [3.63, 3.8) is 0 Å². The molecule has 1 aliphatic rings. The number of benzene rings is 3. The minimum atomic E-state index is -0.551. The molecule has 0 spiro atoms. The summed E-state index contributed by atoms with van der Waals surface area (Å²) in [5, 5.41) is 2.25. The van der Waals surface area contributed by atoms with E-state index in [-0.39, 0.29) is 33.2 Å². The summed E-state index contributed by atoms with van der Waals surface area (Å²) in [6.07, 6.45) is 1.56. The number of amides is 3. The summed E-state index contributed by atoms with van der Waals surface area (Å²) < 4.78 is 19.1. The lowest BCUT2D eigenvalue weighted by Crippen LogP contribution is -2.27. The molecule has 0 unspecified atom stereocenters. The molecule has 166 valence electrons. The van der Waals surface area contributed by atoms with E-state index in [9.17, 15) is 18.8 Å². The molecule has 1 N–H and O–H groups in total. The van der Waals surface area contributed by atoms with Crippen LogP contribution in [0.3, 0.4) is 0 Å². The van der Waals surface area contributed by atoms with Crippen LogP contribution < -0.4 is 15.0 Å². The fourth-order valence-electron chi connectivity index (χ4n) is 3.03. The third-order valence-corrected chi connectivity index (χ3v) is 5.73. The van der Waals surface area contributed by atoms with E-state index in [1.807, 2.05) is 0 Å². The Labute approximate surface area is 198 Å². The molecule has 3 amide bonds. The van der Waals surface area contributed by atoms with Crippen molar-refractivity contribution in [2.75, 3.05) is 16.8 Å². The number of thioether (sulfide) groups is 1. The summed E-state index contributed by atoms with van der Waals surface area (Å²) in [4.78, 5) is 38.4. The monoisotopic (exact) mass is 482 g/mol. The number of halogens is 2. The second-order valence-corrected chi connectivity index (χ2v) is 8.26. The van der Waals surface area contributed by atoms with Gasteiger partial charge in [-0.2, -0.15) is 0 Å². The van der Waals surface area contributed by atoms with Crippen molar-refractivity contribution in [1.29, 1.82) is 0 Å². The van der Waals surface area contributed by atoms with Crippen LogP contribution in [0.2, 0.25) is 5.02 Å². The molecule has 0 atom stereocenters. The average Bonchev–Trinajstić information content (AvgIpc) is 3.08. The standard InChI is InChI=1S/C24H16ClFN2O4S/c25-17-12-15(13-21-23(30)28(24(31)33-21)16-6-2-1-3-7-16)10-11-20(17)32-14-22(29)27-19-9-5-4-8-18(19)26/h1-13H,14H2,(H,27,29)/b21-13-. The van der Waals surface area contributed by atoms with Gasteiger partial charge in [-0.3, -0.25) is 14.4 Å². The van der Waals surface area contributed by atoms with E-state index in [4.69, 9.17) is 16.3 Å². The van der Waals surface area contributed by atoms with Gasteiger partial charge in [-0.1, -0.05) is 48.0 Å². The molecule has 0 saturated carbocycles. The number of carbonyl (C=O) groups is 3. The Hall–Kier alpha value is -3.62. The molecule has 3 aromatic rings. The molecule has 0 aromatic heterocycles. The van der Waals surface area contributed by atoms with Crippen molar-refractivity contribution in [2.45, 2.75) is 0 Å². The number of anilines is 2. The van der Waals surface area contributed by atoms with Gasteiger partial charge < -0.3 is 10.1 Å². The van der Waals surface area contributed by atoms with Crippen molar-refractivity contribution in [3.05, 3.63) is 94.1 Å². The highest BCUT2D eigenvalue weighted by Crippen LogP contribution is 2.36. The Morgan fingerprint density at radius 2 is 1.79 bits per heavy atom. The molecule has 33 heavy (non-hydrogen) atoms. The average molecular weight is 483 g/mol. The van der Waals surface area contributed by atoms with Crippen LogP contribution in [0.4, 0.5) is 20.6 Å². The van der Waals surface area contributed by atoms with E-state index in [1.54, 1.807) is 60.7 Å². The highest BCUT2D eigenvalue weighted by molar-refractivity contribution is 8.19. The minimum absolute atomic E-state index is 0.0528. The van der Waals surface area contributed by atoms with Crippen molar-refractivity contribution >= 4 is 57.9 Å². The van der Waals surface area contributed by atoms with Gasteiger partial charge in [0.2, 0.25) is 0 Å². The molecule has 1 fully saturated rings. The number of imide groups is 1. The second-order valence-electron chi connectivity index (χ2n) is 6.86. The lowest BCUT2D eigenvalue weighted by molar-refractivity contribution is -0.118. The van der Waals surface area contributed by atoms with Crippen LogP contribution in [0.15, 0.2) is 77.7 Å². The second kappa shape index (κ2) is 9.89. The molecule has 1 heterocycles. The first-order chi connectivity index (χ1) is 15.9. The number of nitrogens with zero attached hydrogens (tertiary/aromatic N) is 1. The zero-order chi connectivity index (χ0) is 23.4. The third kappa shape index (κ3) is 5.24. The molecule has 0 aliphatic carbocycles. The Balaban J connectivity index is 1.42. The number of rotatable bonds is 6. The first-order valence-electron chi connectivity index (χ1n) is 9.72. The molecule has 6 nitrogen and oxygen atoms in total. The first kappa shape index (κ1) is 22.6. The van der Waals surface area contributed by atoms with Gasteiger partial charge in [0.1, 0.15) is 11.6 Å². The maximum atomic E-state index is 13.6. The molecular weight excluding hydrogens is 467 g/mol. The summed E-state index contributed by atoms with van der Waals surface area (Å²) in [7, 11) is 0. The van der Waals surface area contributed by atoms with E-state index in [1.165, 1.54) is 18.2 Å². The molecule has 1 saturated heterocycles. The van der Waals surface area contributed by atoms with Gasteiger partial charge >= 0.3 is 0 Å². The number of hydrogen-bond acceptors (Lipinski definition) is 5. The highest BCUT2D eigenvalue weighted by Gasteiger charge is 2.36. The maximum Gasteiger partial charge on any atom is 0.298 e. The fourth-order valence-corrected chi connectivity index (χ4v) is 4.12. The normalized spacial score (nSPS) is 14.6. The Morgan fingerprint density at radius 1 is 1.06 bits per heavy atom. The first-order valence-corrected chi connectivity index (χ1v) is 10.9. The van der Waals surface area contributed by atoms with Crippen molar-refractivity contribution in [3.8, 4) is 5.75 Å². The molecule has 4 rings (SSSR count). The number of para-hydroxylation sites is 2. The quantitative estimate of drug-likeness (QED) is 0.453. The van der Waals surface area contributed by atoms with Gasteiger partial charge in [-0.25, -0.2) is 9.29 Å². The van der Waals surface area contributed by atoms with Crippen LogP contribution in [0, 0.1) is 5.82 Å². The smallest absolute Gasteiger partial charge is 0.298 e. The fraction of sp³-hybridized carbons (Fsp3) is 0.0417. The summed E-state index contributed by atoms with van der Waals surface area (Å²) >= 11 is 7.10. The minimum Gasteiger partial charge on any atom is -0.482 e. The molecule has 3 aromatic carbocycles. The number of ether oxygens (including phenoxy) is 1. The van der Waals surface area contributed by atoms with Gasteiger partial charge in [0.25, 0.3) is 17.1 Å². The van der Waals surface area contributed by atoms with Crippen LogP contribution in [-0.4, -0.2) is 23.7 Å². The van der Waals surface area contributed by atoms with E-state index >= 15 is 0 Å². The number of hydrogen-bond donors (Lipinski definition) is 1. The summed E-state index contributed by atoms with van der Waals surface area (Å²) in [6, 6.07) is 19.2. The lowest BCUT2D eigenvalue weighted by atomic mass is 10.2. The molecule has 0 radical (unpaired) electrons. The van der Waals surface area contributed by atoms with Crippen molar-refractivity contribution in [1.82, 2.24) is 0 Å². The third-order valence-electron chi connectivity index (χ3n) is 4.57. The van der Waals surface area contributed by atoms with Crippen LogP contribution in [-0.2, 0) is 9.59 Å². The van der Waals surface area contributed by atoms with E-state index in [0.29, 0.717) is 11.3 Å². The largest absolute Gasteiger partial charge is 0.482 e. The van der Waals surface area contributed by atoms with E-state index < -0.39 is 17.6 Å². The predicted octanol–water partition coefficient (Wildman–Crippen LogP) is 5.74. The Bertz CT molecular complexity index is 1270. The van der Waals surface area contributed by atoms with Crippen LogP contribution in [0.25, 0.3) is 6.08 Å². The van der Waals surface area contributed by atoms with E-state index in [0.717, 1.165) is 16.7 Å². The van der Waals surface area contributed by atoms with Gasteiger partial charge in [0.05, 0.1) is 21.3 Å². The molecule has 9 heteroatoms. The van der Waals surface area contributed by atoms with E-state index in [2.05, 4.69) is 5.32 Å². The van der Waals surface area contributed by atoms with Crippen LogP contribution in [0.1, 0.15) is 5.56 Å². The Kier molecular flexibility index (Phi) is 6.76. The predicted molar refractivity (Wildman–Crippen MR) is 127 cm³/mol. The summed E-state index contributed by atoms with van der Waals surface area (Å²) in [5.74, 6) is -1.27. The van der Waals surface area contributed by atoms with Gasteiger partial charge in [0.15, 0.2) is 6.61 Å². The highest BCUT2D eigenvalue weighted by atomic mass is 35.5. The van der Waals surface area contributed by atoms with Crippen LogP contribution >= 0.6 is 23.4 Å². The zero-order valence-electron chi connectivity index (χ0n) is 17.0. The SMILES string of the molecule is O=C(COc1ccc(/C=C2\SC(=O)N(c3ccccc3)C2=O)cc1Cl)Nc1ccccc1F.